The minimum absolute atomic E-state index is 0.184. The Morgan fingerprint density at radius 3 is 2.62 bits per heavy atom. The van der Waals surface area contributed by atoms with Gasteiger partial charge in [-0.15, -0.1) is 0 Å². The highest BCUT2D eigenvalue weighted by Crippen LogP contribution is 2.19. The fraction of sp³-hybridized carbons (Fsp3) is 0.474. The first kappa shape index (κ1) is 15.5. The number of carbonyl (C=O) groups excluding carboxylic acids is 1. The predicted octanol–water partition coefficient (Wildman–Crippen LogP) is 1.63. The van der Waals surface area contributed by atoms with Gasteiger partial charge in [-0.3, -0.25) is 19.6 Å². The second-order valence-corrected chi connectivity index (χ2v) is 6.89. The predicted molar refractivity (Wildman–Crippen MR) is 94.6 cm³/mol. The Morgan fingerprint density at radius 2 is 1.83 bits per heavy atom. The summed E-state index contributed by atoms with van der Waals surface area (Å²) < 4.78 is 0. The van der Waals surface area contributed by atoms with Crippen LogP contribution in [0.4, 0.5) is 0 Å². The van der Waals surface area contributed by atoms with Crippen molar-refractivity contribution in [1.82, 2.24) is 20.1 Å². The van der Waals surface area contributed by atoms with Crippen molar-refractivity contribution in [1.29, 1.82) is 0 Å². The molecule has 0 radical (unpaired) electrons. The van der Waals surface area contributed by atoms with E-state index in [-0.39, 0.29) is 5.91 Å². The summed E-state index contributed by atoms with van der Waals surface area (Å²) in [6.07, 6.45) is 4.17. The van der Waals surface area contributed by atoms with Crippen LogP contribution in [0.25, 0.3) is 10.9 Å². The molecule has 1 aliphatic carbocycles. The number of para-hydroxylation sites is 1. The van der Waals surface area contributed by atoms with Gasteiger partial charge in [-0.2, -0.15) is 0 Å². The average Bonchev–Trinajstić information content (AvgIpc) is 3.41. The van der Waals surface area contributed by atoms with E-state index in [1.807, 2.05) is 12.3 Å². The maximum Gasteiger partial charge on any atom is 0.234 e. The van der Waals surface area contributed by atoms with Crippen molar-refractivity contribution in [3.05, 3.63) is 42.1 Å². The van der Waals surface area contributed by atoms with Gasteiger partial charge in [0, 0.05) is 50.3 Å². The van der Waals surface area contributed by atoms with Crippen molar-refractivity contribution in [2.45, 2.75) is 25.4 Å². The average molecular weight is 324 g/mol. The number of hydrogen-bond acceptors (Lipinski definition) is 4. The normalized spacial score (nSPS) is 19.5. The van der Waals surface area contributed by atoms with E-state index in [1.165, 1.54) is 10.9 Å². The van der Waals surface area contributed by atoms with Crippen molar-refractivity contribution in [3.8, 4) is 0 Å². The van der Waals surface area contributed by atoms with E-state index in [1.54, 1.807) is 0 Å². The quantitative estimate of drug-likeness (QED) is 0.908. The van der Waals surface area contributed by atoms with Crippen molar-refractivity contribution in [2.75, 3.05) is 32.7 Å². The number of benzene rings is 1. The summed E-state index contributed by atoms with van der Waals surface area (Å²) in [5.74, 6) is 0.184. The monoisotopic (exact) mass is 324 g/mol. The van der Waals surface area contributed by atoms with Crippen LogP contribution in [0.2, 0.25) is 0 Å². The maximum absolute atomic E-state index is 11.9. The minimum atomic E-state index is 0.184. The van der Waals surface area contributed by atoms with E-state index in [0.29, 0.717) is 12.6 Å². The summed E-state index contributed by atoms with van der Waals surface area (Å²) in [5.41, 5.74) is 2.39. The molecule has 5 heteroatoms. The zero-order valence-corrected chi connectivity index (χ0v) is 13.9. The maximum atomic E-state index is 11.9. The molecule has 2 aromatic rings. The number of nitrogens with zero attached hydrogens (tertiary/aromatic N) is 3. The van der Waals surface area contributed by atoms with E-state index in [9.17, 15) is 4.79 Å². The molecule has 1 aromatic heterocycles. The summed E-state index contributed by atoms with van der Waals surface area (Å²) in [7, 11) is 0. The molecule has 24 heavy (non-hydrogen) atoms. The fourth-order valence-electron chi connectivity index (χ4n) is 3.35. The smallest absolute Gasteiger partial charge is 0.234 e. The summed E-state index contributed by atoms with van der Waals surface area (Å²) in [5, 5.41) is 4.27. The number of rotatable bonds is 5. The Hall–Kier alpha value is -1.98. The minimum Gasteiger partial charge on any atom is -0.352 e. The largest absolute Gasteiger partial charge is 0.352 e. The highest BCUT2D eigenvalue weighted by atomic mass is 16.2. The lowest BCUT2D eigenvalue weighted by Crippen LogP contribution is -2.49. The Balaban J connectivity index is 1.31. The van der Waals surface area contributed by atoms with Crippen molar-refractivity contribution >= 4 is 16.8 Å². The first-order valence-corrected chi connectivity index (χ1v) is 8.84. The number of carbonyl (C=O) groups is 1. The Morgan fingerprint density at radius 1 is 1.08 bits per heavy atom. The number of amides is 1. The van der Waals surface area contributed by atoms with Crippen LogP contribution < -0.4 is 5.32 Å². The fourth-order valence-corrected chi connectivity index (χ4v) is 3.35. The standard InChI is InChI=1S/C19H24N4O/c24-18(21-17-6-7-17)14-23-11-9-22(10-12-23)13-16-4-1-3-15-5-2-8-20-19(15)16/h1-5,8,17H,6-7,9-14H2,(H,21,24). The second kappa shape index (κ2) is 6.87. The van der Waals surface area contributed by atoms with Crippen molar-refractivity contribution < 1.29 is 4.79 Å². The van der Waals surface area contributed by atoms with Crippen LogP contribution in [0.3, 0.4) is 0 Å². The van der Waals surface area contributed by atoms with E-state index in [2.05, 4.69) is 44.4 Å². The van der Waals surface area contributed by atoms with Crippen LogP contribution in [-0.2, 0) is 11.3 Å². The molecular formula is C19H24N4O. The highest BCUT2D eigenvalue weighted by Gasteiger charge is 2.25. The molecule has 0 atom stereocenters. The zero-order chi connectivity index (χ0) is 16.4. The highest BCUT2D eigenvalue weighted by molar-refractivity contribution is 5.81. The number of hydrogen-bond donors (Lipinski definition) is 1. The van der Waals surface area contributed by atoms with Gasteiger partial charge in [0.2, 0.25) is 5.91 Å². The summed E-state index contributed by atoms with van der Waals surface area (Å²) in [6.45, 7) is 5.38. The molecule has 5 nitrogen and oxygen atoms in total. The second-order valence-electron chi connectivity index (χ2n) is 6.89. The number of aromatic nitrogens is 1. The molecule has 1 aliphatic heterocycles. The lowest BCUT2D eigenvalue weighted by atomic mass is 10.1. The van der Waals surface area contributed by atoms with Gasteiger partial charge >= 0.3 is 0 Å². The van der Waals surface area contributed by atoms with Gasteiger partial charge in [-0.1, -0.05) is 24.3 Å². The molecule has 1 N–H and O–H groups in total. The Labute approximate surface area is 142 Å². The third-order valence-corrected chi connectivity index (χ3v) is 4.88. The number of piperazine rings is 1. The van der Waals surface area contributed by atoms with Gasteiger partial charge in [-0.05, 0) is 24.5 Å². The molecule has 4 rings (SSSR count). The lowest BCUT2D eigenvalue weighted by Gasteiger charge is -2.34. The van der Waals surface area contributed by atoms with Gasteiger partial charge < -0.3 is 5.32 Å². The van der Waals surface area contributed by atoms with Gasteiger partial charge in [-0.25, -0.2) is 0 Å². The summed E-state index contributed by atoms with van der Waals surface area (Å²) in [6, 6.07) is 10.9. The Kier molecular flexibility index (Phi) is 4.45. The molecule has 0 unspecified atom stereocenters. The van der Waals surface area contributed by atoms with Crippen LogP contribution in [0, 0.1) is 0 Å². The van der Waals surface area contributed by atoms with Gasteiger partial charge in [0.25, 0.3) is 0 Å². The first-order valence-electron chi connectivity index (χ1n) is 8.84. The number of pyridine rings is 1. The summed E-state index contributed by atoms with van der Waals surface area (Å²) >= 11 is 0. The molecule has 0 bridgehead atoms. The van der Waals surface area contributed by atoms with Crippen LogP contribution in [0.1, 0.15) is 18.4 Å². The van der Waals surface area contributed by atoms with Crippen LogP contribution in [0.15, 0.2) is 36.5 Å². The lowest BCUT2D eigenvalue weighted by molar-refractivity contribution is -0.122. The third-order valence-electron chi connectivity index (χ3n) is 4.88. The van der Waals surface area contributed by atoms with Gasteiger partial charge in [0.15, 0.2) is 0 Å². The number of fused-ring (bicyclic) bond motifs is 1. The van der Waals surface area contributed by atoms with Crippen LogP contribution in [-0.4, -0.2) is 59.5 Å². The van der Waals surface area contributed by atoms with Gasteiger partial charge in [0.1, 0.15) is 0 Å². The van der Waals surface area contributed by atoms with Gasteiger partial charge in [0.05, 0.1) is 12.1 Å². The van der Waals surface area contributed by atoms with Crippen LogP contribution in [0.5, 0.6) is 0 Å². The molecule has 2 fully saturated rings. The Bertz CT molecular complexity index is 715. The van der Waals surface area contributed by atoms with E-state index < -0.39 is 0 Å². The van der Waals surface area contributed by atoms with Crippen LogP contribution >= 0.6 is 0 Å². The molecule has 2 aliphatic rings. The van der Waals surface area contributed by atoms with Crippen molar-refractivity contribution in [2.24, 2.45) is 0 Å². The summed E-state index contributed by atoms with van der Waals surface area (Å²) in [4.78, 5) is 21.2. The molecule has 126 valence electrons. The van der Waals surface area contributed by atoms with Crippen molar-refractivity contribution in [3.63, 3.8) is 0 Å². The zero-order valence-electron chi connectivity index (χ0n) is 13.9. The molecule has 1 saturated carbocycles. The van der Waals surface area contributed by atoms with E-state index in [4.69, 9.17) is 0 Å². The number of nitrogens with one attached hydrogen (secondary N) is 1. The topological polar surface area (TPSA) is 48.5 Å². The van der Waals surface area contributed by atoms with E-state index in [0.717, 1.165) is 51.1 Å². The molecule has 1 aromatic carbocycles. The van der Waals surface area contributed by atoms with E-state index >= 15 is 0 Å². The SMILES string of the molecule is O=C(CN1CCN(Cc2cccc3cccnc23)CC1)NC1CC1. The molecule has 0 spiro atoms. The third kappa shape index (κ3) is 3.74. The molecule has 1 amide bonds. The molecular weight excluding hydrogens is 300 g/mol. The molecule has 2 heterocycles. The first-order chi connectivity index (χ1) is 11.8. The molecule has 1 saturated heterocycles.